The summed E-state index contributed by atoms with van der Waals surface area (Å²) in [4.78, 5) is 12.4. The van der Waals surface area contributed by atoms with Gasteiger partial charge in [0.05, 0.1) is 17.4 Å². The van der Waals surface area contributed by atoms with Gasteiger partial charge >= 0.3 is 0 Å². The van der Waals surface area contributed by atoms with Gasteiger partial charge in [0, 0.05) is 16.4 Å². The number of carbonyl (C=O) groups is 1. The number of carbonyl (C=O) groups excluding carboxylic acids is 1. The number of nitrogens with zero attached hydrogens (tertiary/aromatic N) is 2. The number of aryl methyl sites for hydroxylation is 2. The molecular weight excluding hydrogens is 354 g/mol. The maximum Gasteiger partial charge on any atom is 0.258 e. The molecule has 3 rings (SSSR count). The molecule has 5 heteroatoms. The summed E-state index contributed by atoms with van der Waals surface area (Å²) in [5.74, 6) is -0.168. The van der Waals surface area contributed by atoms with Crippen molar-refractivity contribution in [2.75, 3.05) is 5.32 Å². The van der Waals surface area contributed by atoms with Gasteiger partial charge in [-0.15, -0.1) is 0 Å². The Morgan fingerprint density at radius 1 is 1.09 bits per heavy atom. The van der Waals surface area contributed by atoms with Crippen molar-refractivity contribution in [3.8, 4) is 5.69 Å². The van der Waals surface area contributed by atoms with Crippen LogP contribution in [-0.2, 0) is 0 Å². The molecule has 0 atom stereocenters. The normalized spacial score (nSPS) is 10.6. The first-order chi connectivity index (χ1) is 11.0. The Bertz CT molecular complexity index is 833. The summed E-state index contributed by atoms with van der Waals surface area (Å²) >= 11 is 3.40. The van der Waals surface area contributed by atoms with Gasteiger partial charge in [0.15, 0.2) is 0 Å². The standard InChI is InChI=1S/C18H16BrN3O/c1-12-7-13(2)9-16(8-12)21-18(23)14-10-20-22(11-14)17-5-3-15(19)4-6-17/h3-11H,1-2H3,(H,21,23). The van der Waals surface area contributed by atoms with Crippen LogP contribution in [-0.4, -0.2) is 15.7 Å². The number of hydrogen-bond donors (Lipinski definition) is 1. The van der Waals surface area contributed by atoms with Crippen LogP contribution in [0.3, 0.4) is 0 Å². The van der Waals surface area contributed by atoms with Crippen molar-refractivity contribution in [1.29, 1.82) is 0 Å². The highest BCUT2D eigenvalue weighted by molar-refractivity contribution is 9.10. The molecule has 0 aliphatic heterocycles. The van der Waals surface area contributed by atoms with Gasteiger partial charge in [-0.2, -0.15) is 5.10 Å². The maximum absolute atomic E-state index is 12.4. The van der Waals surface area contributed by atoms with Crippen LogP contribution < -0.4 is 5.32 Å². The molecule has 0 fully saturated rings. The SMILES string of the molecule is Cc1cc(C)cc(NC(=O)c2cnn(-c3ccc(Br)cc3)c2)c1. The summed E-state index contributed by atoms with van der Waals surface area (Å²) in [6.45, 7) is 4.02. The number of halogens is 1. The first kappa shape index (κ1) is 15.5. The zero-order valence-corrected chi connectivity index (χ0v) is 14.5. The molecule has 23 heavy (non-hydrogen) atoms. The summed E-state index contributed by atoms with van der Waals surface area (Å²) in [6, 6.07) is 13.7. The van der Waals surface area contributed by atoms with E-state index in [0.29, 0.717) is 5.56 Å². The van der Waals surface area contributed by atoms with Crippen molar-refractivity contribution in [3.63, 3.8) is 0 Å². The van der Waals surface area contributed by atoms with E-state index < -0.39 is 0 Å². The Balaban J connectivity index is 1.79. The van der Waals surface area contributed by atoms with Crippen LogP contribution in [0.1, 0.15) is 21.5 Å². The summed E-state index contributed by atoms with van der Waals surface area (Å²) in [6.07, 6.45) is 3.29. The highest BCUT2D eigenvalue weighted by Crippen LogP contribution is 2.16. The Kier molecular flexibility index (Phi) is 4.30. The number of amides is 1. The van der Waals surface area contributed by atoms with E-state index in [9.17, 15) is 4.79 Å². The van der Waals surface area contributed by atoms with Gasteiger partial charge in [-0.3, -0.25) is 4.79 Å². The van der Waals surface area contributed by atoms with E-state index in [1.54, 1.807) is 17.1 Å². The molecule has 2 aromatic carbocycles. The van der Waals surface area contributed by atoms with Crippen LogP contribution in [0, 0.1) is 13.8 Å². The summed E-state index contributed by atoms with van der Waals surface area (Å²) in [5, 5.41) is 7.17. The molecule has 0 saturated heterocycles. The van der Waals surface area contributed by atoms with E-state index in [1.807, 2.05) is 50.2 Å². The number of aromatic nitrogens is 2. The van der Waals surface area contributed by atoms with Crippen molar-refractivity contribution < 1.29 is 4.79 Å². The fourth-order valence-corrected chi connectivity index (χ4v) is 2.69. The molecular formula is C18H16BrN3O. The van der Waals surface area contributed by atoms with Crippen LogP contribution in [0.15, 0.2) is 59.3 Å². The van der Waals surface area contributed by atoms with Crippen molar-refractivity contribution in [1.82, 2.24) is 9.78 Å². The molecule has 1 heterocycles. The van der Waals surface area contributed by atoms with E-state index in [2.05, 4.69) is 32.4 Å². The lowest BCUT2D eigenvalue weighted by Gasteiger charge is -2.06. The second-order valence-electron chi connectivity index (χ2n) is 5.48. The zero-order chi connectivity index (χ0) is 16.4. The molecule has 1 N–H and O–H groups in total. The highest BCUT2D eigenvalue weighted by Gasteiger charge is 2.10. The third-order valence-electron chi connectivity index (χ3n) is 3.42. The largest absolute Gasteiger partial charge is 0.322 e. The fourth-order valence-electron chi connectivity index (χ4n) is 2.43. The Labute approximate surface area is 143 Å². The van der Waals surface area contributed by atoms with Crippen molar-refractivity contribution in [2.45, 2.75) is 13.8 Å². The smallest absolute Gasteiger partial charge is 0.258 e. The molecule has 0 saturated carbocycles. The average molecular weight is 370 g/mol. The Morgan fingerprint density at radius 3 is 2.39 bits per heavy atom. The molecule has 0 spiro atoms. The minimum absolute atomic E-state index is 0.168. The van der Waals surface area contributed by atoms with Gasteiger partial charge in [-0.1, -0.05) is 22.0 Å². The molecule has 0 radical (unpaired) electrons. The van der Waals surface area contributed by atoms with Gasteiger partial charge in [0.1, 0.15) is 0 Å². The minimum atomic E-state index is -0.168. The van der Waals surface area contributed by atoms with Crippen LogP contribution >= 0.6 is 15.9 Å². The first-order valence-electron chi connectivity index (χ1n) is 7.21. The maximum atomic E-state index is 12.4. The third kappa shape index (κ3) is 3.68. The molecule has 116 valence electrons. The van der Waals surface area contributed by atoms with Gasteiger partial charge < -0.3 is 5.32 Å². The van der Waals surface area contributed by atoms with E-state index in [-0.39, 0.29) is 5.91 Å². The van der Waals surface area contributed by atoms with Crippen LogP contribution in [0.2, 0.25) is 0 Å². The van der Waals surface area contributed by atoms with Gasteiger partial charge in [0.2, 0.25) is 0 Å². The van der Waals surface area contributed by atoms with Crippen molar-refractivity contribution >= 4 is 27.5 Å². The van der Waals surface area contributed by atoms with Gasteiger partial charge in [0.25, 0.3) is 5.91 Å². The molecule has 0 bridgehead atoms. The molecule has 1 amide bonds. The average Bonchev–Trinajstić information content (AvgIpc) is 2.97. The number of hydrogen-bond acceptors (Lipinski definition) is 2. The van der Waals surface area contributed by atoms with E-state index in [4.69, 9.17) is 0 Å². The topological polar surface area (TPSA) is 46.9 Å². The Morgan fingerprint density at radius 2 is 1.74 bits per heavy atom. The van der Waals surface area contributed by atoms with Crippen LogP contribution in [0.25, 0.3) is 5.69 Å². The molecule has 3 aromatic rings. The van der Waals surface area contributed by atoms with Gasteiger partial charge in [-0.05, 0) is 61.4 Å². The van der Waals surface area contributed by atoms with Crippen molar-refractivity contribution in [2.24, 2.45) is 0 Å². The first-order valence-corrected chi connectivity index (χ1v) is 8.01. The number of anilines is 1. The van der Waals surface area contributed by atoms with E-state index in [0.717, 1.165) is 27.0 Å². The third-order valence-corrected chi connectivity index (χ3v) is 3.94. The lowest BCUT2D eigenvalue weighted by atomic mass is 10.1. The summed E-state index contributed by atoms with van der Waals surface area (Å²) in [5.41, 5.74) is 4.45. The zero-order valence-electron chi connectivity index (χ0n) is 12.9. The number of nitrogens with one attached hydrogen (secondary N) is 1. The highest BCUT2D eigenvalue weighted by atomic mass is 79.9. The predicted octanol–water partition coefficient (Wildman–Crippen LogP) is 4.50. The second-order valence-corrected chi connectivity index (χ2v) is 6.40. The van der Waals surface area contributed by atoms with E-state index in [1.165, 1.54) is 0 Å². The molecule has 0 aliphatic carbocycles. The monoisotopic (exact) mass is 369 g/mol. The summed E-state index contributed by atoms with van der Waals surface area (Å²) in [7, 11) is 0. The molecule has 0 unspecified atom stereocenters. The summed E-state index contributed by atoms with van der Waals surface area (Å²) < 4.78 is 2.68. The number of rotatable bonds is 3. The minimum Gasteiger partial charge on any atom is -0.322 e. The van der Waals surface area contributed by atoms with Crippen molar-refractivity contribution in [3.05, 3.63) is 76.0 Å². The van der Waals surface area contributed by atoms with Crippen LogP contribution in [0.5, 0.6) is 0 Å². The Hall–Kier alpha value is -2.40. The molecule has 1 aromatic heterocycles. The van der Waals surface area contributed by atoms with E-state index >= 15 is 0 Å². The second kappa shape index (κ2) is 6.38. The number of benzene rings is 2. The lowest BCUT2D eigenvalue weighted by molar-refractivity contribution is 0.102. The molecule has 4 nitrogen and oxygen atoms in total. The molecule has 0 aliphatic rings. The van der Waals surface area contributed by atoms with Crippen LogP contribution in [0.4, 0.5) is 5.69 Å². The van der Waals surface area contributed by atoms with Gasteiger partial charge in [-0.25, -0.2) is 4.68 Å². The lowest BCUT2D eigenvalue weighted by Crippen LogP contribution is -2.11. The predicted molar refractivity (Wildman–Crippen MR) is 95.1 cm³/mol. The quantitative estimate of drug-likeness (QED) is 0.738. The fraction of sp³-hybridized carbons (Fsp3) is 0.111.